The van der Waals surface area contributed by atoms with Crippen molar-refractivity contribution in [3.8, 4) is 0 Å². The van der Waals surface area contributed by atoms with E-state index in [1.807, 2.05) is 5.48 Å². The second-order valence-electron chi connectivity index (χ2n) is 2.20. The molecule has 0 unspecified atom stereocenters. The van der Waals surface area contributed by atoms with Crippen molar-refractivity contribution in [1.82, 2.24) is 10.5 Å². The van der Waals surface area contributed by atoms with Crippen LogP contribution >= 0.6 is 0 Å². The van der Waals surface area contributed by atoms with Crippen molar-refractivity contribution in [1.29, 1.82) is 0 Å². The number of carboxylic acids is 1. The van der Waals surface area contributed by atoms with Gasteiger partial charge in [0.15, 0.2) is 6.61 Å². The highest BCUT2D eigenvalue weighted by Crippen LogP contribution is 1.92. The molecule has 0 fully saturated rings. The molecule has 1 rings (SSSR count). The summed E-state index contributed by atoms with van der Waals surface area (Å²) in [5, 5.41) is 8.17. The zero-order valence-corrected chi connectivity index (χ0v) is 6.61. The lowest BCUT2D eigenvalue weighted by Crippen LogP contribution is -2.26. The second kappa shape index (κ2) is 4.27. The quantitative estimate of drug-likeness (QED) is 0.563. The van der Waals surface area contributed by atoms with Crippen molar-refractivity contribution in [2.24, 2.45) is 0 Å². The van der Waals surface area contributed by atoms with E-state index in [-0.39, 0.29) is 0 Å². The number of hydrogen-bond acceptors (Lipinski definition) is 3. The van der Waals surface area contributed by atoms with E-state index in [1.165, 1.54) is 0 Å². The van der Waals surface area contributed by atoms with Gasteiger partial charge in [-0.15, -0.1) is 0 Å². The van der Waals surface area contributed by atoms with E-state index in [0.717, 1.165) is 0 Å². The largest absolute Gasteiger partial charge is 0.479 e. The summed E-state index contributed by atoms with van der Waals surface area (Å²) in [5.74, 6) is -1.65. The van der Waals surface area contributed by atoms with Gasteiger partial charge in [-0.3, -0.25) is 9.63 Å². The minimum atomic E-state index is -1.15. The van der Waals surface area contributed by atoms with Crippen molar-refractivity contribution in [2.45, 2.75) is 0 Å². The number of aliphatic carboxylic acids is 1. The van der Waals surface area contributed by atoms with E-state index in [4.69, 9.17) is 5.11 Å². The van der Waals surface area contributed by atoms with Crippen LogP contribution in [0.5, 0.6) is 0 Å². The first kappa shape index (κ1) is 9.27. The number of carbonyl (C=O) groups excluding carboxylic acids is 1. The fraction of sp³-hybridized carbons (Fsp3) is 0.143. The number of amides is 1. The van der Waals surface area contributed by atoms with E-state index in [9.17, 15) is 9.59 Å². The Hall–Kier alpha value is -1.82. The Labute approximate surface area is 73.5 Å². The molecule has 0 radical (unpaired) electrons. The summed E-state index contributed by atoms with van der Waals surface area (Å²) in [6.45, 7) is -0.563. The smallest absolute Gasteiger partial charge is 0.332 e. The first-order valence-corrected chi connectivity index (χ1v) is 3.47. The van der Waals surface area contributed by atoms with E-state index in [0.29, 0.717) is 5.69 Å². The van der Waals surface area contributed by atoms with Gasteiger partial charge < -0.3 is 10.1 Å². The van der Waals surface area contributed by atoms with Crippen LogP contribution in [0.1, 0.15) is 10.5 Å². The molecular weight excluding hydrogens is 176 g/mol. The minimum Gasteiger partial charge on any atom is -0.479 e. The third kappa shape index (κ3) is 2.96. The van der Waals surface area contributed by atoms with E-state index < -0.39 is 18.5 Å². The van der Waals surface area contributed by atoms with Crippen LogP contribution in [-0.2, 0) is 9.63 Å². The third-order valence-electron chi connectivity index (χ3n) is 1.20. The van der Waals surface area contributed by atoms with E-state index in [1.54, 1.807) is 18.3 Å². The molecule has 1 aromatic rings. The summed E-state index contributed by atoms with van der Waals surface area (Å²) in [4.78, 5) is 28.0. The summed E-state index contributed by atoms with van der Waals surface area (Å²) in [7, 11) is 0. The maximum Gasteiger partial charge on any atom is 0.332 e. The number of aromatic nitrogens is 1. The Morgan fingerprint density at radius 3 is 2.92 bits per heavy atom. The predicted octanol–water partition coefficient (Wildman–Crippen LogP) is -0.239. The summed E-state index contributed by atoms with van der Waals surface area (Å²) in [6.07, 6.45) is 1.58. The Balaban J connectivity index is 2.31. The summed E-state index contributed by atoms with van der Waals surface area (Å²) in [5.41, 5.74) is 2.28. The molecule has 0 aliphatic rings. The van der Waals surface area contributed by atoms with Gasteiger partial charge in [-0.1, -0.05) is 0 Å². The number of hydroxylamine groups is 1. The van der Waals surface area contributed by atoms with Crippen molar-refractivity contribution in [3.63, 3.8) is 0 Å². The molecule has 0 atom stereocenters. The molecule has 1 amide bonds. The second-order valence-corrected chi connectivity index (χ2v) is 2.20. The molecule has 1 aromatic heterocycles. The Kier molecular flexibility index (Phi) is 3.04. The van der Waals surface area contributed by atoms with Crippen LogP contribution in [0.4, 0.5) is 0 Å². The number of rotatable bonds is 4. The zero-order chi connectivity index (χ0) is 9.68. The van der Waals surface area contributed by atoms with Crippen LogP contribution in [0.3, 0.4) is 0 Å². The lowest BCUT2D eigenvalue weighted by molar-refractivity contribution is -0.144. The van der Waals surface area contributed by atoms with Gasteiger partial charge >= 0.3 is 5.97 Å². The summed E-state index contributed by atoms with van der Waals surface area (Å²) < 4.78 is 0. The molecule has 0 spiro atoms. The van der Waals surface area contributed by atoms with Gasteiger partial charge in [0.05, 0.1) is 0 Å². The van der Waals surface area contributed by atoms with Gasteiger partial charge in [-0.05, 0) is 12.1 Å². The van der Waals surface area contributed by atoms with Crippen LogP contribution in [0.15, 0.2) is 18.3 Å². The van der Waals surface area contributed by atoms with E-state index in [2.05, 4.69) is 9.82 Å². The van der Waals surface area contributed by atoms with Crippen LogP contribution in [0, 0.1) is 0 Å². The number of hydrogen-bond donors (Lipinski definition) is 3. The first-order chi connectivity index (χ1) is 6.20. The van der Waals surface area contributed by atoms with Crippen LogP contribution < -0.4 is 5.48 Å². The highest BCUT2D eigenvalue weighted by molar-refractivity contribution is 5.91. The van der Waals surface area contributed by atoms with Crippen LogP contribution in [-0.4, -0.2) is 28.6 Å². The first-order valence-electron chi connectivity index (χ1n) is 3.47. The molecule has 0 saturated carbocycles. The van der Waals surface area contributed by atoms with Crippen LogP contribution in [0.2, 0.25) is 0 Å². The van der Waals surface area contributed by atoms with E-state index >= 15 is 0 Å². The lowest BCUT2D eigenvalue weighted by Gasteiger charge is -2.00. The Morgan fingerprint density at radius 1 is 1.62 bits per heavy atom. The SMILES string of the molecule is O=C(O)CONC(=O)c1ccc[nH]1. The van der Waals surface area contributed by atoms with Gasteiger partial charge in [-0.25, -0.2) is 10.3 Å². The third-order valence-corrected chi connectivity index (χ3v) is 1.20. The number of carbonyl (C=O) groups is 2. The molecule has 0 aromatic carbocycles. The fourth-order valence-electron chi connectivity index (χ4n) is 0.690. The number of aromatic amines is 1. The molecule has 0 bridgehead atoms. The molecule has 6 nitrogen and oxygen atoms in total. The van der Waals surface area contributed by atoms with Gasteiger partial charge in [-0.2, -0.15) is 0 Å². The highest BCUT2D eigenvalue weighted by atomic mass is 16.7. The Bertz CT molecular complexity index is 293. The summed E-state index contributed by atoms with van der Waals surface area (Å²) in [6, 6.07) is 3.19. The van der Waals surface area contributed by atoms with Gasteiger partial charge in [0.1, 0.15) is 5.69 Å². The maximum absolute atomic E-state index is 11.0. The predicted molar refractivity (Wildman–Crippen MR) is 41.8 cm³/mol. The topological polar surface area (TPSA) is 91.4 Å². The monoisotopic (exact) mass is 184 g/mol. The number of H-pyrrole nitrogens is 1. The van der Waals surface area contributed by atoms with Crippen molar-refractivity contribution in [2.75, 3.05) is 6.61 Å². The van der Waals surface area contributed by atoms with Crippen molar-refractivity contribution >= 4 is 11.9 Å². The lowest BCUT2D eigenvalue weighted by atomic mass is 10.4. The molecule has 0 aliphatic carbocycles. The number of nitrogens with one attached hydrogen (secondary N) is 2. The van der Waals surface area contributed by atoms with Crippen molar-refractivity contribution < 1.29 is 19.5 Å². The van der Waals surface area contributed by atoms with Gasteiger partial charge in [0.2, 0.25) is 0 Å². The molecule has 6 heteroatoms. The maximum atomic E-state index is 11.0. The molecule has 13 heavy (non-hydrogen) atoms. The van der Waals surface area contributed by atoms with Crippen molar-refractivity contribution in [3.05, 3.63) is 24.0 Å². The molecule has 3 N–H and O–H groups in total. The molecule has 1 heterocycles. The minimum absolute atomic E-state index is 0.311. The fourth-order valence-corrected chi connectivity index (χ4v) is 0.690. The average molecular weight is 184 g/mol. The Morgan fingerprint density at radius 2 is 2.38 bits per heavy atom. The van der Waals surface area contributed by atoms with Gasteiger partial charge in [0.25, 0.3) is 5.91 Å². The average Bonchev–Trinajstić information content (AvgIpc) is 2.55. The molecular formula is C7H8N2O4. The van der Waals surface area contributed by atoms with Gasteiger partial charge in [0, 0.05) is 6.20 Å². The number of carboxylic acid groups (broad SMARTS) is 1. The molecule has 70 valence electrons. The molecule has 0 aliphatic heterocycles. The molecule has 0 saturated heterocycles. The highest BCUT2D eigenvalue weighted by Gasteiger charge is 2.05. The van der Waals surface area contributed by atoms with Crippen LogP contribution in [0.25, 0.3) is 0 Å². The zero-order valence-electron chi connectivity index (χ0n) is 6.61. The standard InChI is InChI=1S/C7H8N2O4/c10-6(11)4-13-9-7(12)5-2-1-3-8-5/h1-3,8H,4H2,(H,9,12)(H,10,11). The normalized spacial score (nSPS) is 9.54. The summed E-state index contributed by atoms with van der Waals surface area (Å²) >= 11 is 0.